The van der Waals surface area contributed by atoms with E-state index in [-0.39, 0.29) is 65.5 Å². The molecule has 0 aromatic rings. The van der Waals surface area contributed by atoms with Crippen molar-refractivity contribution < 1.29 is 71.8 Å². The van der Waals surface area contributed by atoms with Crippen LogP contribution in [0.25, 0.3) is 0 Å². The standard InChI is InChI=1S/C37H53N3O15/c1-17(41)51-22-10-12-35(5)21(14-22)8-9-23-24-11-13-37(48,36(24,6)15-25(45)27(23)35)26(39-40-34(38)47)16-50-33-31(54-20(4)44)29(53-19(3)43)28(52-18(2)42)30(55-33)32(46)49-7/h21-24,27-31,33,48H,8-16H2,1-7H3,(H3,38,40,47). The number of hydrazone groups is 1. The molecule has 2 amide bonds. The summed E-state index contributed by atoms with van der Waals surface area (Å²) in [4.78, 5) is 87.7. The molecule has 5 rings (SSSR count). The molecule has 0 aromatic carbocycles. The van der Waals surface area contributed by atoms with Crippen LogP contribution in [0.2, 0.25) is 0 Å². The summed E-state index contributed by atoms with van der Waals surface area (Å²) < 4.78 is 38.6. The lowest BCUT2D eigenvalue weighted by atomic mass is 9.44. The minimum absolute atomic E-state index is 0.000381. The minimum Gasteiger partial charge on any atom is -0.467 e. The number of amides is 2. The zero-order chi connectivity index (χ0) is 40.6. The van der Waals surface area contributed by atoms with Crippen LogP contribution in [0.3, 0.4) is 0 Å². The average molecular weight is 780 g/mol. The van der Waals surface area contributed by atoms with Crippen LogP contribution < -0.4 is 11.2 Å². The molecule has 0 aromatic heterocycles. The van der Waals surface area contributed by atoms with Crippen molar-refractivity contribution in [3.05, 3.63) is 0 Å². The number of ether oxygens (including phenoxy) is 7. The van der Waals surface area contributed by atoms with Crippen molar-refractivity contribution >= 4 is 47.4 Å². The largest absolute Gasteiger partial charge is 0.467 e. The highest BCUT2D eigenvalue weighted by Crippen LogP contribution is 2.67. The third kappa shape index (κ3) is 8.08. The number of urea groups is 1. The average Bonchev–Trinajstić information content (AvgIpc) is 3.35. The molecule has 13 atom stereocenters. The highest BCUT2D eigenvalue weighted by atomic mass is 16.7. The molecule has 0 bridgehead atoms. The lowest BCUT2D eigenvalue weighted by Gasteiger charge is -2.60. The van der Waals surface area contributed by atoms with Gasteiger partial charge < -0.3 is 44.0 Å². The lowest BCUT2D eigenvalue weighted by Crippen LogP contribution is -2.64. The summed E-state index contributed by atoms with van der Waals surface area (Å²) in [6, 6.07) is -1.05. The predicted molar refractivity (Wildman–Crippen MR) is 186 cm³/mol. The Hall–Kier alpha value is -4.16. The van der Waals surface area contributed by atoms with Gasteiger partial charge in [0.1, 0.15) is 17.5 Å². The van der Waals surface area contributed by atoms with Crippen LogP contribution in [-0.4, -0.2) is 109 Å². The SMILES string of the molecule is COC(=O)C1OC(OCC(=NNC(N)=O)C2(O)CCC3C4CCC5CC(OC(C)=O)CCC5(C)C4C(=O)CC32C)C(OC(C)=O)C(OC(C)=O)C1OC(C)=O. The van der Waals surface area contributed by atoms with Gasteiger partial charge in [-0.05, 0) is 68.1 Å². The molecule has 18 heteroatoms. The molecular weight excluding hydrogens is 726 g/mol. The first-order valence-electron chi connectivity index (χ1n) is 18.7. The van der Waals surface area contributed by atoms with Crippen LogP contribution in [0.1, 0.15) is 92.9 Å². The van der Waals surface area contributed by atoms with E-state index in [4.69, 9.17) is 38.9 Å². The molecule has 4 saturated carbocycles. The molecule has 0 spiro atoms. The van der Waals surface area contributed by atoms with Gasteiger partial charge in [-0.2, -0.15) is 5.10 Å². The summed E-state index contributed by atoms with van der Waals surface area (Å²) in [7, 11) is 1.05. The smallest absolute Gasteiger partial charge is 0.339 e. The normalized spacial score (nSPS) is 39.6. The van der Waals surface area contributed by atoms with E-state index in [1.165, 1.54) is 6.92 Å². The van der Waals surface area contributed by atoms with Gasteiger partial charge in [-0.1, -0.05) is 13.8 Å². The molecule has 0 radical (unpaired) electrons. The molecule has 1 aliphatic heterocycles. The highest BCUT2D eigenvalue weighted by molar-refractivity contribution is 5.97. The fraction of sp³-hybridized carbons (Fsp3) is 0.784. The molecule has 55 heavy (non-hydrogen) atoms. The molecule has 4 aliphatic carbocycles. The van der Waals surface area contributed by atoms with E-state index < -0.39 is 78.2 Å². The summed E-state index contributed by atoms with van der Waals surface area (Å²) in [6.07, 6.45) is -4.20. The maximum atomic E-state index is 14.4. The number of methoxy groups -OCH3 is 1. The number of ketones is 1. The number of Topliss-reactive ketones (excluding diaryl/α,β-unsaturated/α-hetero) is 1. The third-order valence-corrected chi connectivity index (χ3v) is 12.8. The Bertz CT molecular complexity index is 1600. The monoisotopic (exact) mass is 779 g/mol. The summed E-state index contributed by atoms with van der Waals surface area (Å²) in [5.41, 5.74) is 4.19. The van der Waals surface area contributed by atoms with Gasteiger partial charge in [-0.3, -0.25) is 24.0 Å². The lowest BCUT2D eigenvalue weighted by molar-refractivity contribution is -0.298. The summed E-state index contributed by atoms with van der Waals surface area (Å²) in [5, 5.41) is 16.9. The van der Waals surface area contributed by atoms with Crippen molar-refractivity contribution in [2.24, 2.45) is 45.3 Å². The van der Waals surface area contributed by atoms with Gasteiger partial charge in [0.2, 0.25) is 0 Å². The van der Waals surface area contributed by atoms with E-state index in [1.54, 1.807) is 0 Å². The Balaban J connectivity index is 1.45. The molecule has 5 aliphatic rings. The van der Waals surface area contributed by atoms with Crippen LogP contribution in [0.5, 0.6) is 0 Å². The molecule has 5 fully saturated rings. The van der Waals surface area contributed by atoms with Crippen LogP contribution in [-0.2, 0) is 61.9 Å². The van der Waals surface area contributed by atoms with Gasteiger partial charge in [0.25, 0.3) is 0 Å². The van der Waals surface area contributed by atoms with Crippen LogP contribution in [0.15, 0.2) is 5.10 Å². The van der Waals surface area contributed by atoms with E-state index in [1.807, 2.05) is 6.92 Å². The van der Waals surface area contributed by atoms with Crippen LogP contribution in [0, 0.1) is 34.5 Å². The number of primary amides is 1. The van der Waals surface area contributed by atoms with Gasteiger partial charge in [-0.25, -0.2) is 15.0 Å². The zero-order valence-corrected chi connectivity index (χ0v) is 32.3. The third-order valence-electron chi connectivity index (χ3n) is 12.8. The fourth-order valence-corrected chi connectivity index (χ4v) is 10.6. The number of hydrogen-bond donors (Lipinski definition) is 3. The summed E-state index contributed by atoms with van der Waals surface area (Å²) in [6.45, 7) is 7.94. The minimum atomic E-state index is -1.84. The number of carbonyl (C=O) groups is 7. The number of carbonyl (C=O) groups excluding carboxylic acids is 7. The van der Waals surface area contributed by atoms with E-state index in [0.29, 0.717) is 19.3 Å². The molecule has 13 unspecified atom stereocenters. The number of aliphatic hydroxyl groups is 1. The van der Waals surface area contributed by atoms with Gasteiger partial charge in [0.15, 0.2) is 30.7 Å². The summed E-state index contributed by atoms with van der Waals surface area (Å²) in [5.74, 6) is -4.23. The van der Waals surface area contributed by atoms with Crippen LogP contribution >= 0.6 is 0 Å². The van der Waals surface area contributed by atoms with Crippen molar-refractivity contribution in [1.82, 2.24) is 5.43 Å². The molecule has 4 N–H and O–H groups in total. The van der Waals surface area contributed by atoms with E-state index in [2.05, 4.69) is 17.5 Å². The zero-order valence-electron chi connectivity index (χ0n) is 32.3. The van der Waals surface area contributed by atoms with Crippen molar-refractivity contribution in [3.8, 4) is 0 Å². The first-order chi connectivity index (χ1) is 25.7. The number of nitrogens with one attached hydrogen (secondary N) is 1. The molecule has 1 heterocycles. The quantitative estimate of drug-likeness (QED) is 0.123. The van der Waals surface area contributed by atoms with E-state index >= 15 is 0 Å². The Labute approximate surface area is 318 Å². The highest BCUT2D eigenvalue weighted by Gasteiger charge is 2.69. The number of hydrogen-bond acceptors (Lipinski definition) is 16. The number of nitrogens with zero attached hydrogens (tertiary/aromatic N) is 1. The number of fused-ring (bicyclic) bond motifs is 5. The van der Waals surface area contributed by atoms with Gasteiger partial charge in [0, 0.05) is 45.4 Å². The molecular formula is C37H53N3O15. The Morgan fingerprint density at radius 1 is 0.873 bits per heavy atom. The Morgan fingerprint density at radius 2 is 1.49 bits per heavy atom. The maximum Gasteiger partial charge on any atom is 0.339 e. The van der Waals surface area contributed by atoms with Crippen molar-refractivity contribution in [1.29, 1.82) is 0 Å². The van der Waals surface area contributed by atoms with Crippen molar-refractivity contribution in [2.75, 3.05) is 13.7 Å². The Morgan fingerprint density at radius 3 is 2.09 bits per heavy atom. The number of nitrogens with two attached hydrogens (primary N) is 1. The Kier molecular flexibility index (Phi) is 12.3. The second-order valence-electron chi connectivity index (χ2n) is 16.0. The van der Waals surface area contributed by atoms with Gasteiger partial charge in [0.05, 0.1) is 19.4 Å². The summed E-state index contributed by atoms with van der Waals surface area (Å²) >= 11 is 0. The van der Waals surface area contributed by atoms with E-state index in [0.717, 1.165) is 47.1 Å². The number of rotatable bonds is 10. The van der Waals surface area contributed by atoms with Crippen molar-refractivity contribution in [3.63, 3.8) is 0 Å². The first kappa shape index (κ1) is 42.0. The molecule has 306 valence electrons. The first-order valence-corrected chi connectivity index (χ1v) is 18.7. The van der Waals surface area contributed by atoms with Gasteiger partial charge >= 0.3 is 35.9 Å². The van der Waals surface area contributed by atoms with Crippen LogP contribution in [0.4, 0.5) is 4.79 Å². The second kappa shape index (κ2) is 16.1. The topological polar surface area (TPSA) is 255 Å². The molecule has 1 saturated heterocycles. The molecule has 18 nitrogen and oxygen atoms in total. The van der Waals surface area contributed by atoms with Gasteiger partial charge in [-0.15, -0.1) is 0 Å². The van der Waals surface area contributed by atoms with Crippen molar-refractivity contribution in [2.45, 2.75) is 135 Å². The van der Waals surface area contributed by atoms with E-state index in [9.17, 15) is 38.7 Å². The second-order valence-corrected chi connectivity index (χ2v) is 16.0. The predicted octanol–water partition coefficient (Wildman–Crippen LogP) is 1.60. The maximum absolute atomic E-state index is 14.4. The fourth-order valence-electron chi connectivity index (χ4n) is 10.6. The number of esters is 5.